The number of aromatic nitrogens is 1. The molecule has 7 nitrogen and oxygen atoms in total. The Labute approximate surface area is 212 Å². The van der Waals surface area contributed by atoms with Crippen molar-refractivity contribution in [1.29, 1.82) is 0 Å². The van der Waals surface area contributed by atoms with E-state index in [0.29, 0.717) is 30.2 Å². The number of carbonyl (C=O) groups excluding carboxylic acids is 2. The van der Waals surface area contributed by atoms with Gasteiger partial charge in [-0.1, -0.05) is 35.9 Å². The smallest absolute Gasteiger partial charge is 0.324 e. The predicted octanol–water partition coefficient (Wildman–Crippen LogP) is 5.64. The quantitative estimate of drug-likeness (QED) is 0.369. The molecule has 0 saturated carbocycles. The molecule has 1 aromatic heterocycles. The highest BCUT2D eigenvalue weighted by atomic mass is 35.5. The lowest BCUT2D eigenvalue weighted by atomic mass is 10.0. The fraction of sp³-hybridized carbons (Fsp3) is 0.148. The van der Waals surface area contributed by atoms with Crippen molar-refractivity contribution in [2.24, 2.45) is 0 Å². The molecule has 36 heavy (non-hydrogen) atoms. The maximum absolute atomic E-state index is 14.5. The largest absolute Gasteiger partial charge is 0.445 e. The monoisotopic (exact) mass is 504 g/mol. The first-order chi connectivity index (χ1) is 17.4. The first-order valence-corrected chi connectivity index (χ1v) is 11.6. The predicted molar refractivity (Wildman–Crippen MR) is 134 cm³/mol. The summed E-state index contributed by atoms with van der Waals surface area (Å²) in [5.74, 6) is -0.289. The molecule has 3 amide bonds. The molecule has 0 spiro atoms. The lowest BCUT2D eigenvalue weighted by Gasteiger charge is -2.35. The summed E-state index contributed by atoms with van der Waals surface area (Å²) in [7, 11) is 1.67. The van der Waals surface area contributed by atoms with Crippen molar-refractivity contribution in [2.75, 3.05) is 11.9 Å². The third-order valence-corrected chi connectivity index (χ3v) is 6.39. The maximum Gasteiger partial charge on any atom is 0.324 e. The number of nitrogens with zero attached hydrogens (tertiary/aromatic N) is 3. The number of fused-ring (bicyclic) bond motifs is 1. The summed E-state index contributed by atoms with van der Waals surface area (Å²) >= 11 is 6.22. The molecule has 4 aromatic rings. The van der Waals surface area contributed by atoms with Gasteiger partial charge in [0, 0.05) is 41.9 Å². The fourth-order valence-electron chi connectivity index (χ4n) is 4.18. The summed E-state index contributed by atoms with van der Waals surface area (Å²) in [6.07, 6.45) is 3.08. The fourth-order valence-corrected chi connectivity index (χ4v) is 4.40. The Kier molecular flexibility index (Phi) is 6.43. The van der Waals surface area contributed by atoms with Crippen molar-refractivity contribution in [1.82, 2.24) is 15.2 Å². The van der Waals surface area contributed by atoms with Crippen molar-refractivity contribution in [3.8, 4) is 11.5 Å². The highest BCUT2D eigenvalue weighted by Crippen LogP contribution is 2.32. The molecular weight excluding hydrogens is 483 g/mol. The van der Waals surface area contributed by atoms with E-state index in [1.54, 1.807) is 31.4 Å². The van der Waals surface area contributed by atoms with E-state index in [1.807, 2.05) is 30.3 Å². The average molecular weight is 505 g/mol. The van der Waals surface area contributed by atoms with Crippen LogP contribution in [0.3, 0.4) is 0 Å². The van der Waals surface area contributed by atoms with E-state index in [0.717, 1.165) is 16.7 Å². The second-order valence-corrected chi connectivity index (χ2v) is 8.90. The molecule has 0 aliphatic carbocycles. The van der Waals surface area contributed by atoms with Crippen molar-refractivity contribution in [2.45, 2.75) is 19.6 Å². The first-order valence-electron chi connectivity index (χ1n) is 11.3. The molecular formula is C27H22ClFN4O3. The lowest BCUT2D eigenvalue weighted by Crippen LogP contribution is -2.45. The standard InChI is InChI=1S/C27H22ClFN4O3/c1-32-15-20-9-8-18(13-24(20)33(27(32)35)16-21-22(28)6-3-7-23(21)29)25(34)31-14-17-4-2-5-19(12-17)26-30-10-11-36-26/h2-13H,14-16H2,1H3,(H,31,34). The van der Waals surface area contributed by atoms with Gasteiger partial charge in [-0.25, -0.2) is 14.2 Å². The number of urea groups is 1. The van der Waals surface area contributed by atoms with Gasteiger partial charge in [-0.05, 0) is 47.5 Å². The Morgan fingerprint density at radius 2 is 2.00 bits per heavy atom. The highest BCUT2D eigenvalue weighted by Gasteiger charge is 2.30. The van der Waals surface area contributed by atoms with E-state index < -0.39 is 5.82 Å². The number of oxazole rings is 1. The van der Waals surface area contributed by atoms with E-state index in [1.165, 1.54) is 28.2 Å². The molecule has 0 saturated heterocycles. The van der Waals surface area contributed by atoms with Gasteiger partial charge in [0.25, 0.3) is 5.91 Å². The van der Waals surface area contributed by atoms with E-state index in [4.69, 9.17) is 16.0 Å². The first kappa shape index (κ1) is 23.6. The Bertz CT molecular complexity index is 1420. The van der Waals surface area contributed by atoms with Crippen LogP contribution in [0.2, 0.25) is 5.02 Å². The molecule has 5 rings (SSSR count). The summed E-state index contributed by atoms with van der Waals surface area (Å²) < 4.78 is 19.8. The minimum absolute atomic E-state index is 0.0552. The summed E-state index contributed by atoms with van der Waals surface area (Å²) in [5.41, 5.74) is 3.69. The van der Waals surface area contributed by atoms with Gasteiger partial charge >= 0.3 is 6.03 Å². The van der Waals surface area contributed by atoms with Crippen molar-refractivity contribution in [3.63, 3.8) is 0 Å². The van der Waals surface area contributed by atoms with Crippen molar-refractivity contribution in [3.05, 3.63) is 106 Å². The summed E-state index contributed by atoms with van der Waals surface area (Å²) in [4.78, 5) is 33.1. The molecule has 182 valence electrons. The number of nitrogens with one attached hydrogen (secondary N) is 1. The molecule has 0 fully saturated rings. The van der Waals surface area contributed by atoms with Crippen LogP contribution >= 0.6 is 11.6 Å². The number of amides is 3. The molecule has 1 aliphatic heterocycles. The number of hydrogen-bond acceptors (Lipinski definition) is 4. The SMILES string of the molecule is CN1Cc2ccc(C(=O)NCc3cccc(-c4ncco4)c3)cc2N(Cc2c(F)cccc2Cl)C1=O. The Hall–Kier alpha value is -4.17. The van der Waals surface area contributed by atoms with Crippen molar-refractivity contribution < 1.29 is 18.4 Å². The molecule has 1 N–H and O–H groups in total. The van der Waals surface area contributed by atoms with Crippen LogP contribution in [0.1, 0.15) is 27.0 Å². The van der Waals surface area contributed by atoms with Gasteiger partial charge in [-0.3, -0.25) is 9.69 Å². The zero-order valence-corrected chi connectivity index (χ0v) is 20.1. The number of halogens is 2. The van der Waals surface area contributed by atoms with Crippen LogP contribution in [0.15, 0.2) is 77.5 Å². The maximum atomic E-state index is 14.5. The lowest BCUT2D eigenvalue weighted by molar-refractivity contribution is 0.0950. The minimum Gasteiger partial charge on any atom is -0.445 e. The van der Waals surface area contributed by atoms with Crippen LogP contribution in [-0.2, 0) is 19.6 Å². The molecule has 0 bridgehead atoms. The molecule has 1 aliphatic rings. The zero-order valence-electron chi connectivity index (χ0n) is 19.4. The number of anilines is 1. The van der Waals surface area contributed by atoms with Crippen LogP contribution in [-0.4, -0.2) is 28.9 Å². The number of carbonyl (C=O) groups is 2. The summed E-state index contributed by atoms with van der Waals surface area (Å²) in [6, 6.07) is 16.8. The van der Waals surface area contributed by atoms with Gasteiger partial charge in [-0.15, -0.1) is 0 Å². The third kappa shape index (κ3) is 4.67. The molecule has 3 aromatic carbocycles. The van der Waals surface area contributed by atoms with Crippen LogP contribution in [0.4, 0.5) is 14.9 Å². The number of hydrogen-bond donors (Lipinski definition) is 1. The molecule has 0 unspecified atom stereocenters. The van der Waals surface area contributed by atoms with E-state index in [2.05, 4.69) is 10.3 Å². The number of rotatable bonds is 6. The Morgan fingerprint density at radius 1 is 1.17 bits per heavy atom. The molecule has 0 radical (unpaired) electrons. The van der Waals surface area contributed by atoms with Gasteiger partial charge < -0.3 is 14.6 Å². The highest BCUT2D eigenvalue weighted by molar-refractivity contribution is 6.31. The van der Waals surface area contributed by atoms with Crippen LogP contribution in [0, 0.1) is 5.82 Å². The second kappa shape index (κ2) is 9.83. The average Bonchev–Trinajstić information content (AvgIpc) is 3.42. The molecule has 0 atom stereocenters. The molecule has 2 heterocycles. The summed E-state index contributed by atoms with van der Waals surface area (Å²) in [6.45, 7) is 0.617. The van der Waals surface area contributed by atoms with Crippen LogP contribution in [0.25, 0.3) is 11.5 Å². The number of benzene rings is 3. The van der Waals surface area contributed by atoms with E-state index >= 15 is 0 Å². The zero-order chi connectivity index (χ0) is 25.2. The minimum atomic E-state index is -0.494. The van der Waals surface area contributed by atoms with Gasteiger partial charge in [-0.2, -0.15) is 0 Å². The van der Waals surface area contributed by atoms with E-state index in [9.17, 15) is 14.0 Å². The van der Waals surface area contributed by atoms with Crippen molar-refractivity contribution >= 4 is 29.2 Å². The van der Waals surface area contributed by atoms with Gasteiger partial charge in [0.2, 0.25) is 5.89 Å². The van der Waals surface area contributed by atoms with E-state index in [-0.39, 0.29) is 29.1 Å². The summed E-state index contributed by atoms with van der Waals surface area (Å²) in [5, 5.41) is 3.15. The second-order valence-electron chi connectivity index (χ2n) is 8.49. The van der Waals surface area contributed by atoms with Crippen LogP contribution < -0.4 is 10.2 Å². The third-order valence-electron chi connectivity index (χ3n) is 6.04. The topological polar surface area (TPSA) is 78.7 Å². The molecule has 9 heteroatoms. The van der Waals surface area contributed by atoms with Gasteiger partial charge in [0.05, 0.1) is 18.4 Å². The van der Waals surface area contributed by atoms with Gasteiger partial charge in [0.1, 0.15) is 12.1 Å². The van der Waals surface area contributed by atoms with Crippen LogP contribution in [0.5, 0.6) is 0 Å². The Morgan fingerprint density at radius 3 is 2.78 bits per heavy atom. The van der Waals surface area contributed by atoms with Gasteiger partial charge in [0.15, 0.2) is 0 Å². The normalized spacial score (nSPS) is 13.0. The Balaban J connectivity index is 1.37.